The second-order valence-electron chi connectivity index (χ2n) is 10.00. The molecule has 37 heavy (non-hydrogen) atoms. The molecular formula is C28H33ClN4O4. The SMILES string of the molecule is COC(=O)/C(N)=C/N(N)C[C@@H]1C[C@H](O)C[C@H](n2cc(Cc3ccc(C4CC4)cc3)c3c(Cl)cccc32)O1. The fraction of sp³-hybridized carbons (Fsp3) is 0.393. The first-order valence-electron chi connectivity index (χ1n) is 12.6. The van der Waals surface area contributed by atoms with Crippen LogP contribution in [-0.2, 0) is 20.7 Å². The third kappa shape index (κ3) is 5.78. The van der Waals surface area contributed by atoms with Crippen molar-refractivity contribution in [3.63, 3.8) is 0 Å². The molecular weight excluding hydrogens is 492 g/mol. The van der Waals surface area contributed by atoms with E-state index in [4.69, 9.17) is 27.9 Å². The van der Waals surface area contributed by atoms with E-state index < -0.39 is 18.3 Å². The Morgan fingerprint density at radius 3 is 2.70 bits per heavy atom. The van der Waals surface area contributed by atoms with Crippen molar-refractivity contribution >= 4 is 28.5 Å². The van der Waals surface area contributed by atoms with Crippen LogP contribution in [0.5, 0.6) is 0 Å². The van der Waals surface area contributed by atoms with E-state index in [1.165, 1.54) is 42.3 Å². The van der Waals surface area contributed by atoms with Gasteiger partial charge in [-0.25, -0.2) is 10.6 Å². The second kappa shape index (κ2) is 10.8. The minimum Gasteiger partial charge on any atom is -0.464 e. The predicted octanol–water partition coefficient (Wildman–Crippen LogP) is 3.95. The highest BCUT2D eigenvalue weighted by Crippen LogP contribution is 2.40. The number of fused-ring (bicyclic) bond motifs is 1. The van der Waals surface area contributed by atoms with Crippen molar-refractivity contribution in [2.24, 2.45) is 11.6 Å². The number of aliphatic hydroxyl groups excluding tert-OH is 1. The van der Waals surface area contributed by atoms with Gasteiger partial charge in [-0.15, -0.1) is 0 Å². The van der Waals surface area contributed by atoms with E-state index in [2.05, 4.69) is 39.8 Å². The van der Waals surface area contributed by atoms with Crippen LogP contribution in [0, 0.1) is 0 Å². The molecule has 2 fully saturated rings. The average Bonchev–Trinajstić information content (AvgIpc) is 3.65. The Morgan fingerprint density at radius 1 is 1.24 bits per heavy atom. The number of ether oxygens (including phenoxy) is 2. The third-order valence-electron chi connectivity index (χ3n) is 7.12. The number of aromatic nitrogens is 1. The van der Waals surface area contributed by atoms with Crippen molar-refractivity contribution < 1.29 is 19.4 Å². The standard InChI is InChI=1S/C28H33ClN4O4/c1-36-28(35)24(30)16-32(31)15-22-12-21(34)13-26(37-22)33-14-20(27-23(29)3-2-4-25(27)33)11-17-5-7-18(8-6-17)19-9-10-19/h2-8,14,16,19,21-22,26,34H,9-13,15,30-31H2,1H3/b24-16-/t21-,22-,26+/m0/s1. The van der Waals surface area contributed by atoms with Crippen LogP contribution in [0.25, 0.3) is 10.9 Å². The van der Waals surface area contributed by atoms with Gasteiger partial charge in [-0.2, -0.15) is 0 Å². The molecule has 1 aromatic heterocycles. The number of hydrazine groups is 1. The molecule has 2 aliphatic rings. The lowest BCUT2D eigenvalue weighted by Crippen LogP contribution is -2.42. The van der Waals surface area contributed by atoms with E-state index in [0.717, 1.165) is 28.8 Å². The number of benzene rings is 2. The van der Waals surface area contributed by atoms with Crippen molar-refractivity contribution in [2.75, 3.05) is 13.7 Å². The number of carbonyl (C=O) groups excluding carboxylic acids is 1. The Labute approximate surface area is 221 Å². The number of hydrogen-bond acceptors (Lipinski definition) is 7. The Morgan fingerprint density at radius 2 is 2.00 bits per heavy atom. The summed E-state index contributed by atoms with van der Waals surface area (Å²) in [7, 11) is 1.25. The molecule has 2 aromatic carbocycles. The van der Waals surface area contributed by atoms with E-state index in [1.54, 1.807) is 0 Å². The van der Waals surface area contributed by atoms with Crippen molar-refractivity contribution in [2.45, 2.75) is 56.5 Å². The molecule has 5 N–H and O–H groups in total. The first-order valence-corrected chi connectivity index (χ1v) is 13.0. The fourth-order valence-corrected chi connectivity index (χ4v) is 5.45. The number of aliphatic hydroxyl groups is 1. The monoisotopic (exact) mass is 524 g/mol. The number of hydrogen-bond donors (Lipinski definition) is 3. The summed E-state index contributed by atoms with van der Waals surface area (Å²) in [4.78, 5) is 11.6. The summed E-state index contributed by atoms with van der Waals surface area (Å²) in [5, 5.41) is 13.6. The van der Waals surface area contributed by atoms with Crippen molar-refractivity contribution in [3.05, 3.63) is 82.3 Å². The molecule has 0 unspecified atom stereocenters. The van der Waals surface area contributed by atoms with Crippen LogP contribution in [0.15, 0.2) is 60.6 Å². The van der Waals surface area contributed by atoms with E-state index in [9.17, 15) is 9.90 Å². The number of carbonyl (C=O) groups is 1. The Hall–Kier alpha value is -3.04. The minimum absolute atomic E-state index is 0.112. The van der Waals surface area contributed by atoms with Gasteiger partial charge in [0, 0.05) is 30.6 Å². The summed E-state index contributed by atoms with van der Waals surface area (Å²) >= 11 is 6.69. The molecule has 0 radical (unpaired) electrons. The zero-order valence-corrected chi connectivity index (χ0v) is 21.6. The summed E-state index contributed by atoms with van der Waals surface area (Å²) in [6, 6.07) is 14.7. The smallest absolute Gasteiger partial charge is 0.355 e. The summed E-state index contributed by atoms with van der Waals surface area (Å²) in [6.45, 7) is 0.241. The maximum absolute atomic E-state index is 11.6. The maximum Gasteiger partial charge on any atom is 0.355 e. The summed E-state index contributed by atoms with van der Waals surface area (Å²) in [6.07, 6.45) is 6.19. The van der Waals surface area contributed by atoms with Crippen molar-refractivity contribution in [3.8, 4) is 0 Å². The van der Waals surface area contributed by atoms with Gasteiger partial charge < -0.3 is 29.9 Å². The topological polar surface area (TPSA) is 116 Å². The van der Waals surface area contributed by atoms with Gasteiger partial charge in [-0.05, 0) is 54.0 Å². The first kappa shape index (κ1) is 25.6. The Balaban J connectivity index is 1.38. The molecule has 5 rings (SSSR count). The maximum atomic E-state index is 11.6. The van der Waals surface area contributed by atoms with E-state index in [-0.39, 0.29) is 18.3 Å². The van der Waals surface area contributed by atoms with Crippen molar-refractivity contribution in [1.29, 1.82) is 0 Å². The lowest BCUT2D eigenvalue weighted by Gasteiger charge is -2.35. The lowest BCUT2D eigenvalue weighted by molar-refractivity contribution is -0.137. The molecule has 0 bridgehead atoms. The van der Waals surface area contributed by atoms with Gasteiger partial charge >= 0.3 is 5.97 Å². The van der Waals surface area contributed by atoms with E-state index in [1.807, 2.05) is 18.2 Å². The van der Waals surface area contributed by atoms with Gasteiger partial charge in [0.15, 0.2) is 0 Å². The van der Waals surface area contributed by atoms with E-state index >= 15 is 0 Å². The number of rotatable bonds is 8. The van der Waals surface area contributed by atoms with Gasteiger partial charge in [0.2, 0.25) is 0 Å². The zero-order chi connectivity index (χ0) is 26.1. The molecule has 0 spiro atoms. The van der Waals surface area contributed by atoms with Crippen LogP contribution >= 0.6 is 11.6 Å². The molecule has 0 amide bonds. The van der Waals surface area contributed by atoms with Crippen LogP contribution in [0.3, 0.4) is 0 Å². The lowest BCUT2D eigenvalue weighted by atomic mass is 10.0. The van der Waals surface area contributed by atoms with Crippen LogP contribution in [0.4, 0.5) is 0 Å². The Kier molecular flexibility index (Phi) is 7.44. The molecule has 196 valence electrons. The molecule has 1 saturated heterocycles. The zero-order valence-electron chi connectivity index (χ0n) is 20.8. The highest BCUT2D eigenvalue weighted by Gasteiger charge is 2.31. The number of nitrogens with zero attached hydrogens (tertiary/aromatic N) is 2. The van der Waals surface area contributed by atoms with E-state index in [0.29, 0.717) is 17.9 Å². The predicted molar refractivity (Wildman–Crippen MR) is 143 cm³/mol. The molecule has 1 aliphatic heterocycles. The van der Waals surface area contributed by atoms with Gasteiger partial charge in [-0.1, -0.05) is 41.9 Å². The molecule has 1 aliphatic carbocycles. The number of halogens is 1. The Bertz CT molecular complexity index is 1300. The quantitative estimate of drug-likeness (QED) is 0.177. The largest absolute Gasteiger partial charge is 0.464 e. The summed E-state index contributed by atoms with van der Waals surface area (Å²) in [5.74, 6) is 6.11. The molecule has 2 heterocycles. The summed E-state index contributed by atoms with van der Waals surface area (Å²) < 4.78 is 13.1. The molecule has 8 nitrogen and oxygen atoms in total. The second-order valence-corrected chi connectivity index (χ2v) is 10.4. The van der Waals surface area contributed by atoms with Gasteiger partial charge in [0.1, 0.15) is 11.9 Å². The number of esters is 1. The molecule has 9 heteroatoms. The molecule has 3 aromatic rings. The summed E-state index contributed by atoms with van der Waals surface area (Å²) in [5.41, 5.74) is 10.3. The number of nitrogens with two attached hydrogens (primary N) is 2. The van der Waals surface area contributed by atoms with Crippen LogP contribution < -0.4 is 11.6 Å². The minimum atomic E-state index is -0.664. The van der Waals surface area contributed by atoms with Gasteiger partial charge in [-0.3, -0.25) is 0 Å². The normalized spacial score (nSPS) is 22.3. The third-order valence-corrected chi connectivity index (χ3v) is 7.43. The van der Waals surface area contributed by atoms with Gasteiger partial charge in [0.05, 0.1) is 36.4 Å². The highest BCUT2D eigenvalue weighted by atomic mass is 35.5. The van der Waals surface area contributed by atoms with Crippen LogP contribution in [0.1, 0.15) is 54.5 Å². The number of methoxy groups -OCH3 is 1. The highest BCUT2D eigenvalue weighted by molar-refractivity contribution is 6.35. The van der Waals surface area contributed by atoms with Crippen LogP contribution in [0.2, 0.25) is 5.02 Å². The van der Waals surface area contributed by atoms with Gasteiger partial charge in [0.25, 0.3) is 0 Å². The molecule has 1 saturated carbocycles. The fourth-order valence-electron chi connectivity index (χ4n) is 5.16. The average molecular weight is 525 g/mol. The molecule has 3 atom stereocenters. The van der Waals surface area contributed by atoms with Crippen LogP contribution in [-0.4, -0.2) is 46.5 Å². The van der Waals surface area contributed by atoms with Crippen molar-refractivity contribution in [1.82, 2.24) is 9.58 Å². The first-order chi connectivity index (χ1) is 17.8.